The predicted octanol–water partition coefficient (Wildman–Crippen LogP) is -0.186. The Kier molecular flexibility index (Phi) is 21.1. The molecule has 0 spiro atoms. The maximum absolute atomic E-state index is 8.74. The van der Waals surface area contributed by atoms with Gasteiger partial charge in [0.25, 0.3) is 0 Å². The van der Waals surface area contributed by atoms with Crippen molar-refractivity contribution in [2.24, 2.45) is 0 Å². The van der Waals surface area contributed by atoms with Gasteiger partial charge in [-0.2, -0.15) is 8.42 Å². The van der Waals surface area contributed by atoms with Gasteiger partial charge in [-0.1, -0.05) is 0 Å². The molecule has 0 fully saturated rings. The van der Waals surface area contributed by atoms with E-state index in [1.54, 1.807) is 0 Å². The fourth-order valence-electron chi connectivity index (χ4n) is 0. The molecule has 0 amide bonds. The number of rotatable bonds is 0. The molecular formula is H7F2NO4S. The van der Waals surface area contributed by atoms with Gasteiger partial charge in [0.1, 0.15) is 0 Å². The molecule has 8 heavy (non-hydrogen) atoms. The van der Waals surface area contributed by atoms with Crippen molar-refractivity contribution in [3.8, 4) is 0 Å². The van der Waals surface area contributed by atoms with Crippen molar-refractivity contribution in [2.75, 3.05) is 0 Å². The Morgan fingerprint density at radius 3 is 1.00 bits per heavy atom. The van der Waals surface area contributed by atoms with E-state index in [2.05, 4.69) is 0 Å². The van der Waals surface area contributed by atoms with E-state index in [4.69, 9.17) is 17.5 Å². The van der Waals surface area contributed by atoms with Gasteiger partial charge in [0.2, 0.25) is 0 Å². The molecule has 0 radical (unpaired) electrons. The highest BCUT2D eigenvalue weighted by Gasteiger charge is 1.84. The van der Waals surface area contributed by atoms with Crippen molar-refractivity contribution in [1.29, 1.82) is 0 Å². The molecule has 0 aliphatic carbocycles. The average molecular weight is 155 g/mol. The lowest BCUT2D eigenvalue weighted by Crippen LogP contribution is -1.89. The van der Waals surface area contributed by atoms with E-state index >= 15 is 0 Å². The summed E-state index contributed by atoms with van der Waals surface area (Å²) in [6.45, 7) is 0. The Hall–Kier alpha value is -0.310. The first-order valence-electron chi connectivity index (χ1n) is 0.698. The minimum absolute atomic E-state index is 0. The standard InChI is InChI=1S/2FH.H3N.H2O4S/c;;;1-5(2,3)4/h2*1H;1H3;(H2,1,2,3,4). The average Bonchev–Trinajstić information content (AvgIpc) is 0.722. The molecule has 56 valence electrons. The molecular weight excluding hydrogens is 148 g/mol. The van der Waals surface area contributed by atoms with E-state index < -0.39 is 10.4 Å². The van der Waals surface area contributed by atoms with Gasteiger partial charge in [-0.25, -0.2) is 0 Å². The molecule has 0 unspecified atom stereocenters. The molecule has 0 heterocycles. The molecule has 0 aromatic heterocycles. The van der Waals surface area contributed by atoms with Crippen LogP contribution in [0.15, 0.2) is 0 Å². The van der Waals surface area contributed by atoms with Gasteiger partial charge in [0, 0.05) is 0 Å². The molecule has 0 saturated carbocycles. The minimum atomic E-state index is -4.67. The fraction of sp³-hybridized carbons (Fsp3) is 0. The predicted molar refractivity (Wildman–Crippen MR) is 24.2 cm³/mol. The second-order valence-electron chi connectivity index (χ2n) is 0.448. The Bertz CT molecular complexity index is 97.2. The van der Waals surface area contributed by atoms with Crippen molar-refractivity contribution in [3.05, 3.63) is 0 Å². The van der Waals surface area contributed by atoms with Gasteiger partial charge in [-0.15, -0.1) is 0 Å². The van der Waals surface area contributed by atoms with Crippen LogP contribution in [0.3, 0.4) is 0 Å². The third kappa shape index (κ3) is 1300. The molecule has 0 bridgehead atoms. The van der Waals surface area contributed by atoms with E-state index in [0.717, 1.165) is 0 Å². The zero-order chi connectivity index (χ0) is 4.50. The van der Waals surface area contributed by atoms with Crippen LogP contribution in [0.5, 0.6) is 0 Å². The van der Waals surface area contributed by atoms with Gasteiger partial charge in [-0.05, 0) is 0 Å². The highest BCUT2D eigenvalue weighted by Crippen LogP contribution is 1.59. The van der Waals surface area contributed by atoms with Gasteiger partial charge in [0.15, 0.2) is 0 Å². The maximum Gasteiger partial charge on any atom is 0.394 e. The zero-order valence-electron chi connectivity index (χ0n) is 3.64. The normalized spacial score (nSPS) is 7.25. The first-order chi connectivity index (χ1) is 2.00. The van der Waals surface area contributed by atoms with Crippen molar-refractivity contribution >= 4 is 10.4 Å². The van der Waals surface area contributed by atoms with Crippen LogP contribution in [-0.4, -0.2) is 17.5 Å². The molecule has 0 atom stereocenters. The number of hydrogen-bond acceptors (Lipinski definition) is 3. The van der Waals surface area contributed by atoms with Crippen molar-refractivity contribution in [1.82, 2.24) is 6.15 Å². The lowest BCUT2D eigenvalue weighted by atomic mass is 14.0. The molecule has 0 saturated heterocycles. The van der Waals surface area contributed by atoms with Crippen molar-refractivity contribution in [3.63, 3.8) is 0 Å². The Balaban J connectivity index is -0.0000000267. The van der Waals surface area contributed by atoms with Crippen LogP contribution >= 0.6 is 0 Å². The zero-order valence-corrected chi connectivity index (χ0v) is 4.46. The van der Waals surface area contributed by atoms with Crippen LogP contribution in [0.25, 0.3) is 0 Å². The van der Waals surface area contributed by atoms with Gasteiger partial charge >= 0.3 is 10.4 Å². The molecule has 0 aliphatic heterocycles. The molecule has 5 N–H and O–H groups in total. The number of hydrogen-bond donors (Lipinski definition) is 3. The first kappa shape index (κ1) is 25.3. The molecule has 0 rings (SSSR count). The maximum atomic E-state index is 8.74. The van der Waals surface area contributed by atoms with Crippen molar-refractivity contribution < 1.29 is 26.9 Å². The fourth-order valence-corrected chi connectivity index (χ4v) is 0. The summed E-state index contributed by atoms with van der Waals surface area (Å²) in [5, 5.41) is 0. The van der Waals surface area contributed by atoms with Crippen LogP contribution in [-0.2, 0) is 10.4 Å². The van der Waals surface area contributed by atoms with E-state index in [0.29, 0.717) is 0 Å². The minimum Gasteiger partial charge on any atom is -0.344 e. The largest absolute Gasteiger partial charge is 0.394 e. The topological polar surface area (TPSA) is 110 Å². The van der Waals surface area contributed by atoms with Gasteiger partial charge in [0.05, 0.1) is 0 Å². The lowest BCUT2D eigenvalue weighted by Gasteiger charge is -1.68. The van der Waals surface area contributed by atoms with Gasteiger partial charge in [-0.3, -0.25) is 18.5 Å². The summed E-state index contributed by atoms with van der Waals surface area (Å²) in [6.07, 6.45) is 0. The molecule has 0 aromatic rings. The second kappa shape index (κ2) is 6.69. The summed E-state index contributed by atoms with van der Waals surface area (Å²) in [5.41, 5.74) is 0. The quantitative estimate of drug-likeness (QED) is 0.420. The monoisotopic (exact) mass is 155 g/mol. The van der Waals surface area contributed by atoms with Crippen molar-refractivity contribution in [2.45, 2.75) is 0 Å². The van der Waals surface area contributed by atoms with Crippen LogP contribution in [0.4, 0.5) is 9.41 Å². The van der Waals surface area contributed by atoms with E-state index in [1.807, 2.05) is 0 Å². The Labute approximate surface area is 44.6 Å². The lowest BCUT2D eigenvalue weighted by molar-refractivity contribution is 0.381. The highest BCUT2D eigenvalue weighted by atomic mass is 32.3. The van der Waals surface area contributed by atoms with Crippen LogP contribution in [0.2, 0.25) is 0 Å². The van der Waals surface area contributed by atoms with Crippen LogP contribution in [0.1, 0.15) is 0 Å². The van der Waals surface area contributed by atoms with E-state index in [-0.39, 0.29) is 15.6 Å². The third-order valence-electron chi connectivity index (χ3n) is 0. The summed E-state index contributed by atoms with van der Waals surface area (Å²) in [6, 6.07) is 0. The van der Waals surface area contributed by atoms with E-state index in [9.17, 15) is 0 Å². The summed E-state index contributed by atoms with van der Waals surface area (Å²) in [5.74, 6) is 0. The highest BCUT2D eigenvalue weighted by molar-refractivity contribution is 7.79. The third-order valence-corrected chi connectivity index (χ3v) is 0. The summed E-state index contributed by atoms with van der Waals surface area (Å²) < 4.78 is 31.6. The smallest absolute Gasteiger partial charge is 0.344 e. The summed E-state index contributed by atoms with van der Waals surface area (Å²) >= 11 is 0. The first-order valence-corrected chi connectivity index (χ1v) is 2.10. The SMILES string of the molecule is F.F.N.O=S(=O)(O)O. The molecule has 5 nitrogen and oxygen atoms in total. The Morgan fingerprint density at radius 2 is 1.00 bits per heavy atom. The van der Waals surface area contributed by atoms with E-state index in [1.165, 1.54) is 0 Å². The second-order valence-corrected chi connectivity index (χ2v) is 1.34. The van der Waals surface area contributed by atoms with Gasteiger partial charge < -0.3 is 6.15 Å². The van der Waals surface area contributed by atoms with Crippen LogP contribution < -0.4 is 6.15 Å². The summed E-state index contributed by atoms with van der Waals surface area (Å²) in [7, 11) is -4.67. The Morgan fingerprint density at radius 1 is 1.00 bits per heavy atom. The summed E-state index contributed by atoms with van der Waals surface area (Å²) in [4.78, 5) is 0. The van der Waals surface area contributed by atoms with Crippen LogP contribution in [0, 0.1) is 0 Å². The number of halogens is 2. The molecule has 0 aliphatic rings. The molecule has 8 heteroatoms. The molecule has 0 aromatic carbocycles.